The molecule has 1 aliphatic heterocycles. The molecule has 1 fully saturated rings. The molecule has 4 aromatic rings. The third-order valence-electron chi connectivity index (χ3n) is 6.55. The van der Waals surface area contributed by atoms with Crippen LogP contribution in [-0.4, -0.2) is 58.6 Å². The second kappa shape index (κ2) is 10.6. The molecule has 1 saturated heterocycles. The van der Waals surface area contributed by atoms with Gasteiger partial charge in [0, 0.05) is 68.3 Å². The average molecular weight is 489 g/mol. The van der Waals surface area contributed by atoms with Crippen LogP contribution in [0, 0.1) is 0 Å². The van der Waals surface area contributed by atoms with E-state index in [1.54, 1.807) is 11.3 Å². The van der Waals surface area contributed by atoms with Crippen molar-refractivity contribution in [3.63, 3.8) is 0 Å². The predicted octanol–water partition coefficient (Wildman–Crippen LogP) is 4.85. The fourth-order valence-electron chi connectivity index (χ4n) is 4.48. The summed E-state index contributed by atoms with van der Waals surface area (Å²) in [5.41, 5.74) is 5.18. The molecule has 2 aromatic heterocycles. The molecule has 0 bridgehead atoms. The molecule has 182 valence electrons. The van der Waals surface area contributed by atoms with Crippen molar-refractivity contribution >= 4 is 34.0 Å². The molecule has 2 N–H and O–H groups in total. The minimum atomic E-state index is -0.210. The summed E-state index contributed by atoms with van der Waals surface area (Å²) in [6.45, 7) is 8.70. The number of thiazole rings is 1. The highest BCUT2D eigenvalue weighted by atomic mass is 32.1. The molecule has 0 atom stereocenters. The molecular weight excluding hydrogens is 456 g/mol. The quantitative estimate of drug-likeness (QED) is 0.390. The zero-order valence-electron chi connectivity index (χ0n) is 20.3. The number of benzene rings is 2. The third kappa shape index (κ3) is 5.56. The number of nitrogens with one attached hydrogen (secondary N) is 2. The molecule has 0 unspecified atom stereocenters. The van der Waals surface area contributed by atoms with E-state index >= 15 is 0 Å². The summed E-state index contributed by atoms with van der Waals surface area (Å²) in [6.07, 6.45) is 2.01. The number of urea groups is 1. The van der Waals surface area contributed by atoms with E-state index in [-0.39, 0.29) is 6.03 Å². The fraction of sp³-hybridized carbons (Fsp3) is 0.333. The summed E-state index contributed by atoms with van der Waals surface area (Å²) in [7, 11) is 2.18. The number of carbonyl (C=O) groups excluding carboxylic acids is 1. The van der Waals surface area contributed by atoms with Gasteiger partial charge in [-0.15, -0.1) is 11.3 Å². The molecule has 0 saturated carbocycles. The molecule has 35 heavy (non-hydrogen) atoms. The van der Waals surface area contributed by atoms with Crippen LogP contribution >= 0.6 is 11.3 Å². The van der Waals surface area contributed by atoms with E-state index in [1.165, 1.54) is 0 Å². The van der Waals surface area contributed by atoms with Crippen molar-refractivity contribution in [1.82, 2.24) is 24.7 Å². The number of carbonyl (C=O) groups is 1. The largest absolute Gasteiger partial charge is 0.346 e. The van der Waals surface area contributed by atoms with E-state index in [2.05, 4.69) is 62.6 Å². The first-order valence-electron chi connectivity index (χ1n) is 12.2. The van der Waals surface area contributed by atoms with Crippen molar-refractivity contribution in [2.45, 2.75) is 26.6 Å². The van der Waals surface area contributed by atoms with Gasteiger partial charge in [0.1, 0.15) is 5.01 Å². The second-order valence-corrected chi connectivity index (χ2v) is 9.94. The van der Waals surface area contributed by atoms with Crippen molar-refractivity contribution in [3.8, 4) is 10.6 Å². The Kier molecular flexibility index (Phi) is 7.13. The number of hydrogen-bond donors (Lipinski definition) is 2. The van der Waals surface area contributed by atoms with Gasteiger partial charge in [0.25, 0.3) is 0 Å². The van der Waals surface area contributed by atoms with Gasteiger partial charge in [0.15, 0.2) is 0 Å². The first-order chi connectivity index (χ1) is 17.1. The zero-order valence-corrected chi connectivity index (χ0v) is 21.1. The first kappa shape index (κ1) is 23.5. The number of nitrogens with zero attached hydrogens (tertiary/aromatic N) is 4. The van der Waals surface area contributed by atoms with Crippen LogP contribution in [0.4, 0.5) is 10.5 Å². The smallest absolute Gasteiger partial charge is 0.319 e. The molecule has 0 spiro atoms. The maximum atomic E-state index is 12.6. The van der Waals surface area contributed by atoms with Gasteiger partial charge < -0.3 is 20.1 Å². The van der Waals surface area contributed by atoms with E-state index in [0.29, 0.717) is 6.54 Å². The van der Waals surface area contributed by atoms with Gasteiger partial charge in [0.05, 0.1) is 16.9 Å². The lowest BCUT2D eigenvalue weighted by Gasteiger charge is -2.31. The summed E-state index contributed by atoms with van der Waals surface area (Å²) in [5.74, 6) is 0. The highest BCUT2D eigenvalue weighted by Crippen LogP contribution is 2.32. The molecule has 2 aromatic carbocycles. The zero-order chi connectivity index (χ0) is 24.2. The highest BCUT2D eigenvalue weighted by Gasteiger charge is 2.17. The number of amides is 2. The molecule has 8 heteroatoms. The lowest BCUT2D eigenvalue weighted by Crippen LogP contribution is -2.43. The van der Waals surface area contributed by atoms with Crippen LogP contribution in [0.3, 0.4) is 0 Å². The number of aryl methyl sites for hydroxylation is 1. The Morgan fingerprint density at radius 3 is 2.66 bits per heavy atom. The number of anilines is 1. The van der Waals surface area contributed by atoms with E-state index in [9.17, 15) is 4.79 Å². The molecule has 0 aliphatic carbocycles. The van der Waals surface area contributed by atoms with Gasteiger partial charge in [-0.2, -0.15) is 0 Å². The van der Waals surface area contributed by atoms with Gasteiger partial charge >= 0.3 is 6.03 Å². The second-order valence-electron chi connectivity index (χ2n) is 9.08. The van der Waals surface area contributed by atoms with Crippen molar-refractivity contribution < 1.29 is 4.79 Å². The topological polar surface area (TPSA) is 65.4 Å². The number of rotatable bonds is 7. The molecule has 5 rings (SSSR count). The fourth-order valence-corrected chi connectivity index (χ4v) is 5.29. The number of aromatic nitrogens is 2. The van der Waals surface area contributed by atoms with E-state index in [0.717, 1.165) is 77.7 Å². The molecule has 1 aliphatic rings. The number of hydrogen-bond acceptors (Lipinski definition) is 5. The number of fused-ring (bicyclic) bond motifs is 1. The Labute approximate surface area is 210 Å². The summed E-state index contributed by atoms with van der Waals surface area (Å²) < 4.78 is 2.16. The van der Waals surface area contributed by atoms with Gasteiger partial charge in [-0.1, -0.05) is 30.3 Å². The van der Waals surface area contributed by atoms with Gasteiger partial charge in [-0.05, 0) is 37.7 Å². The monoisotopic (exact) mass is 488 g/mol. The minimum Gasteiger partial charge on any atom is -0.346 e. The molecule has 2 amide bonds. The highest BCUT2D eigenvalue weighted by molar-refractivity contribution is 7.13. The maximum absolute atomic E-state index is 12.6. The lowest BCUT2D eigenvalue weighted by molar-refractivity contribution is 0.147. The molecular formula is C27H32N6OS. The Morgan fingerprint density at radius 2 is 1.89 bits per heavy atom. The Bertz CT molecular complexity index is 1290. The van der Waals surface area contributed by atoms with Crippen LogP contribution in [0.25, 0.3) is 21.5 Å². The van der Waals surface area contributed by atoms with Crippen molar-refractivity contribution in [2.75, 3.05) is 38.5 Å². The molecule has 3 heterocycles. The van der Waals surface area contributed by atoms with Gasteiger partial charge in [-0.3, -0.25) is 4.90 Å². The normalized spacial score (nSPS) is 14.9. The molecule has 0 radical (unpaired) electrons. The number of piperazine rings is 1. The van der Waals surface area contributed by atoms with E-state index < -0.39 is 0 Å². The van der Waals surface area contributed by atoms with Crippen molar-refractivity contribution in [3.05, 3.63) is 71.4 Å². The third-order valence-corrected chi connectivity index (χ3v) is 7.49. The van der Waals surface area contributed by atoms with Gasteiger partial charge in [0.2, 0.25) is 0 Å². The lowest BCUT2D eigenvalue weighted by atomic mass is 10.1. The average Bonchev–Trinajstić information content (AvgIpc) is 3.49. The maximum Gasteiger partial charge on any atom is 0.319 e. The first-order valence-corrected chi connectivity index (χ1v) is 13.0. The van der Waals surface area contributed by atoms with Gasteiger partial charge in [-0.25, -0.2) is 9.78 Å². The SMILES string of the molecule is CCn1cc(NC(=O)NCc2ccccc2)c2cc(-c3nc(CN4CCN(C)CC4)cs3)ccc21. The Balaban J connectivity index is 1.32. The summed E-state index contributed by atoms with van der Waals surface area (Å²) in [6, 6.07) is 16.1. The van der Waals surface area contributed by atoms with E-state index in [4.69, 9.17) is 4.98 Å². The van der Waals surface area contributed by atoms with Crippen LogP contribution < -0.4 is 10.6 Å². The summed E-state index contributed by atoms with van der Waals surface area (Å²) >= 11 is 1.68. The summed E-state index contributed by atoms with van der Waals surface area (Å²) in [5, 5.41) is 10.2. The van der Waals surface area contributed by atoms with E-state index in [1.807, 2.05) is 36.5 Å². The van der Waals surface area contributed by atoms with Crippen LogP contribution in [0.15, 0.2) is 60.1 Å². The van der Waals surface area contributed by atoms with Crippen LogP contribution in [0.1, 0.15) is 18.2 Å². The molecule has 7 nitrogen and oxygen atoms in total. The minimum absolute atomic E-state index is 0.210. The van der Waals surface area contributed by atoms with Crippen molar-refractivity contribution in [2.24, 2.45) is 0 Å². The van der Waals surface area contributed by atoms with Crippen LogP contribution in [0.2, 0.25) is 0 Å². The van der Waals surface area contributed by atoms with Crippen LogP contribution in [0.5, 0.6) is 0 Å². The predicted molar refractivity (Wildman–Crippen MR) is 144 cm³/mol. The Morgan fingerprint density at radius 1 is 1.09 bits per heavy atom. The Hall–Kier alpha value is -3.20. The summed E-state index contributed by atoms with van der Waals surface area (Å²) in [4.78, 5) is 22.4. The van der Waals surface area contributed by atoms with Crippen molar-refractivity contribution in [1.29, 1.82) is 0 Å². The number of likely N-dealkylation sites (N-methyl/N-ethyl adjacent to an activating group) is 1. The van der Waals surface area contributed by atoms with Crippen LogP contribution in [-0.2, 0) is 19.6 Å². The standard InChI is InChI=1S/C27H32N6OS/c1-3-33-18-24(30-27(34)28-16-20-7-5-4-6-8-20)23-15-21(9-10-25(23)33)26-29-22(19-35-26)17-32-13-11-31(2)12-14-32/h4-10,15,18-19H,3,11-14,16-17H2,1-2H3,(H2,28,30,34).